The Bertz CT molecular complexity index is 923. The molecule has 0 unspecified atom stereocenters. The molecule has 0 bridgehead atoms. The number of hydrogen-bond acceptors (Lipinski definition) is 4. The predicted molar refractivity (Wildman–Crippen MR) is 111 cm³/mol. The lowest BCUT2D eigenvalue weighted by molar-refractivity contribution is -0.121. The van der Waals surface area contributed by atoms with E-state index in [4.69, 9.17) is 0 Å². The lowest BCUT2D eigenvalue weighted by atomic mass is 10.2. The van der Waals surface area contributed by atoms with Gasteiger partial charge in [-0.3, -0.25) is 19.0 Å². The number of amides is 1. The summed E-state index contributed by atoms with van der Waals surface area (Å²) in [6.45, 7) is 5.95. The second kappa shape index (κ2) is 9.68. The van der Waals surface area contributed by atoms with Gasteiger partial charge in [0.15, 0.2) is 0 Å². The van der Waals surface area contributed by atoms with Crippen LogP contribution >= 0.6 is 0 Å². The smallest absolute Gasteiger partial charge is 0.317 e. The van der Waals surface area contributed by atoms with Crippen LogP contribution < -0.4 is 16.4 Å². The average Bonchev–Trinajstić information content (AvgIpc) is 2.98. The van der Waals surface area contributed by atoms with Gasteiger partial charge < -0.3 is 14.8 Å². The molecule has 1 N–H and O–H groups in total. The molecule has 1 saturated heterocycles. The number of carbonyl (C=O) groups excluding carboxylic acids is 1. The van der Waals surface area contributed by atoms with Gasteiger partial charge >= 0.3 is 11.1 Å². The van der Waals surface area contributed by atoms with Crippen molar-refractivity contribution in [1.29, 1.82) is 0 Å². The molecule has 0 atom stereocenters. The van der Waals surface area contributed by atoms with E-state index in [9.17, 15) is 14.4 Å². The third-order valence-corrected chi connectivity index (χ3v) is 5.43. The van der Waals surface area contributed by atoms with Crippen molar-refractivity contribution < 1.29 is 4.79 Å². The minimum absolute atomic E-state index is 0.136. The third kappa shape index (κ3) is 4.70. The number of carbonyl (C=O) groups is 1. The Morgan fingerprint density at radius 2 is 1.57 bits per heavy atom. The van der Waals surface area contributed by atoms with Gasteiger partial charge in [0.1, 0.15) is 6.54 Å². The molecule has 1 fully saturated rings. The summed E-state index contributed by atoms with van der Waals surface area (Å²) in [5.74, 6) is -0.239. The lowest BCUT2D eigenvalue weighted by Gasteiger charge is -2.19. The molecule has 7 heteroatoms. The van der Waals surface area contributed by atoms with Crippen molar-refractivity contribution in [2.45, 2.75) is 52.1 Å². The fourth-order valence-electron chi connectivity index (χ4n) is 3.93. The van der Waals surface area contributed by atoms with Gasteiger partial charge in [-0.15, -0.1) is 0 Å². The van der Waals surface area contributed by atoms with Crippen LogP contribution in [0.15, 0.2) is 33.9 Å². The Balaban J connectivity index is 1.62. The molecule has 0 spiro atoms. The highest BCUT2D eigenvalue weighted by atomic mass is 16.2. The number of rotatable bonds is 7. The van der Waals surface area contributed by atoms with E-state index in [0.29, 0.717) is 24.1 Å². The summed E-state index contributed by atoms with van der Waals surface area (Å²) in [6.07, 6.45) is 6.02. The maximum absolute atomic E-state index is 12.5. The summed E-state index contributed by atoms with van der Waals surface area (Å²) in [5.41, 5.74) is 0.0349. The highest BCUT2D eigenvalue weighted by Gasteiger charge is 2.14. The van der Waals surface area contributed by atoms with Gasteiger partial charge in [0, 0.05) is 13.1 Å². The van der Waals surface area contributed by atoms with Crippen LogP contribution in [0.1, 0.15) is 39.0 Å². The van der Waals surface area contributed by atoms with E-state index < -0.39 is 11.1 Å². The molecular weight excluding hydrogens is 356 g/mol. The maximum Gasteiger partial charge on any atom is 0.317 e. The molecule has 0 saturated carbocycles. The summed E-state index contributed by atoms with van der Waals surface area (Å²) in [5, 5.41) is 2.89. The van der Waals surface area contributed by atoms with Crippen LogP contribution in [0.3, 0.4) is 0 Å². The van der Waals surface area contributed by atoms with E-state index in [1.54, 1.807) is 12.1 Å². The van der Waals surface area contributed by atoms with Crippen LogP contribution in [0.4, 0.5) is 0 Å². The number of aryl methyl sites for hydroxylation is 1. The molecule has 1 aliphatic rings. The fourth-order valence-corrected chi connectivity index (χ4v) is 3.93. The van der Waals surface area contributed by atoms with Gasteiger partial charge in [-0.05, 0) is 58.0 Å². The standard InChI is InChI=1S/C21H30N4O3/c1-2-24-17-10-5-6-11-18(17)25(21(28)20(24)27)16-19(26)22-12-9-15-23-13-7-3-4-8-14-23/h5-6,10-11H,2-4,7-9,12-16H2,1H3,(H,22,26). The van der Waals surface area contributed by atoms with Crippen molar-refractivity contribution >= 4 is 16.9 Å². The Morgan fingerprint density at radius 3 is 2.21 bits per heavy atom. The first kappa shape index (κ1) is 20.3. The lowest BCUT2D eigenvalue weighted by Crippen LogP contribution is -2.44. The van der Waals surface area contributed by atoms with Crippen LogP contribution in [0.2, 0.25) is 0 Å². The zero-order chi connectivity index (χ0) is 19.9. The van der Waals surface area contributed by atoms with Gasteiger partial charge in [-0.25, -0.2) is 0 Å². The molecule has 152 valence electrons. The molecule has 1 aromatic carbocycles. The first-order valence-electron chi connectivity index (χ1n) is 10.3. The average molecular weight is 386 g/mol. The number of benzene rings is 1. The van der Waals surface area contributed by atoms with Crippen molar-refractivity contribution in [2.24, 2.45) is 0 Å². The van der Waals surface area contributed by atoms with Crippen LogP contribution in [-0.2, 0) is 17.9 Å². The van der Waals surface area contributed by atoms with E-state index in [1.807, 2.05) is 19.1 Å². The zero-order valence-corrected chi connectivity index (χ0v) is 16.7. The first-order valence-corrected chi connectivity index (χ1v) is 10.3. The second-order valence-electron chi connectivity index (χ2n) is 7.39. The zero-order valence-electron chi connectivity index (χ0n) is 16.7. The van der Waals surface area contributed by atoms with Crippen LogP contribution in [0.5, 0.6) is 0 Å². The largest absolute Gasteiger partial charge is 0.355 e. The van der Waals surface area contributed by atoms with Crippen molar-refractivity contribution in [1.82, 2.24) is 19.4 Å². The molecule has 7 nitrogen and oxygen atoms in total. The molecule has 0 aliphatic carbocycles. The Labute approximate surface area is 165 Å². The Kier molecular flexibility index (Phi) is 7.03. The second-order valence-corrected chi connectivity index (χ2v) is 7.39. The SMILES string of the molecule is CCn1c(=O)c(=O)n(CC(=O)NCCCN2CCCCCC2)c2ccccc21. The summed E-state index contributed by atoms with van der Waals surface area (Å²) in [7, 11) is 0. The van der Waals surface area contributed by atoms with E-state index in [0.717, 1.165) is 26.1 Å². The molecule has 1 aliphatic heterocycles. The highest BCUT2D eigenvalue weighted by Crippen LogP contribution is 2.11. The maximum atomic E-state index is 12.5. The molecular formula is C21H30N4O3. The number of likely N-dealkylation sites (tertiary alicyclic amines) is 1. The quantitative estimate of drug-likeness (QED) is 0.579. The summed E-state index contributed by atoms with van der Waals surface area (Å²) in [4.78, 5) is 39.7. The van der Waals surface area contributed by atoms with Crippen molar-refractivity contribution in [3.05, 3.63) is 45.0 Å². The normalized spacial score (nSPS) is 15.5. The topological polar surface area (TPSA) is 76.3 Å². The van der Waals surface area contributed by atoms with Crippen molar-refractivity contribution in [3.8, 4) is 0 Å². The van der Waals surface area contributed by atoms with Crippen molar-refractivity contribution in [3.63, 3.8) is 0 Å². The molecule has 0 radical (unpaired) electrons. The van der Waals surface area contributed by atoms with Gasteiger partial charge in [0.05, 0.1) is 11.0 Å². The molecule has 28 heavy (non-hydrogen) atoms. The molecule has 1 aromatic heterocycles. The van der Waals surface area contributed by atoms with E-state index in [-0.39, 0.29) is 12.5 Å². The molecule has 2 heterocycles. The Morgan fingerprint density at radius 1 is 0.964 bits per heavy atom. The van der Waals surface area contributed by atoms with E-state index in [2.05, 4.69) is 10.2 Å². The monoisotopic (exact) mass is 386 g/mol. The van der Waals surface area contributed by atoms with E-state index >= 15 is 0 Å². The minimum Gasteiger partial charge on any atom is -0.355 e. The minimum atomic E-state index is -0.653. The fraction of sp³-hybridized carbons (Fsp3) is 0.571. The first-order chi connectivity index (χ1) is 13.6. The summed E-state index contributed by atoms with van der Waals surface area (Å²) < 4.78 is 2.74. The number of fused-ring (bicyclic) bond motifs is 1. The molecule has 2 aromatic rings. The van der Waals surface area contributed by atoms with Crippen LogP contribution in [-0.4, -0.2) is 46.1 Å². The van der Waals surface area contributed by atoms with E-state index in [1.165, 1.54) is 34.8 Å². The van der Waals surface area contributed by atoms with Gasteiger partial charge in [0.2, 0.25) is 5.91 Å². The predicted octanol–water partition coefficient (Wildman–Crippen LogP) is 1.57. The Hall–Kier alpha value is -2.41. The molecule has 3 rings (SSSR count). The number of para-hydroxylation sites is 2. The van der Waals surface area contributed by atoms with Crippen molar-refractivity contribution in [2.75, 3.05) is 26.2 Å². The number of nitrogens with zero attached hydrogens (tertiary/aromatic N) is 3. The van der Waals surface area contributed by atoms with Gasteiger partial charge in [-0.1, -0.05) is 25.0 Å². The van der Waals surface area contributed by atoms with Crippen LogP contribution in [0, 0.1) is 0 Å². The number of nitrogens with one attached hydrogen (secondary N) is 1. The van der Waals surface area contributed by atoms with Gasteiger partial charge in [0.25, 0.3) is 0 Å². The summed E-state index contributed by atoms with van der Waals surface area (Å²) >= 11 is 0. The highest BCUT2D eigenvalue weighted by molar-refractivity contribution is 5.80. The number of hydrogen-bond donors (Lipinski definition) is 1. The van der Waals surface area contributed by atoms with Gasteiger partial charge in [-0.2, -0.15) is 0 Å². The number of aromatic nitrogens is 2. The summed E-state index contributed by atoms with van der Waals surface area (Å²) in [6, 6.07) is 7.21. The molecule has 1 amide bonds. The van der Waals surface area contributed by atoms with Crippen LogP contribution in [0.25, 0.3) is 11.0 Å². The third-order valence-electron chi connectivity index (χ3n) is 5.43.